The van der Waals surface area contributed by atoms with Gasteiger partial charge in [-0.3, -0.25) is 15.4 Å². The number of alkyl halides is 3. The summed E-state index contributed by atoms with van der Waals surface area (Å²) in [4.78, 5) is 12.5. The zero-order valence-corrected chi connectivity index (χ0v) is 25.2. The second-order valence-corrected chi connectivity index (χ2v) is 14.1. The molecule has 1 aromatic carbocycles. The second-order valence-electron chi connectivity index (χ2n) is 13.7. The number of hydrogen-bond acceptors (Lipinski definition) is 6. The summed E-state index contributed by atoms with van der Waals surface area (Å²) in [6, 6.07) is 2.69. The number of rotatable bonds is 9. The Morgan fingerprint density at radius 1 is 1.05 bits per heavy atom. The van der Waals surface area contributed by atoms with Crippen molar-refractivity contribution in [3.63, 3.8) is 0 Å². The molecule has 43 heavy (non-hydrogen) atoms. The average molecular weight is 631 g/mol. The maximum Gasteiger partial charge on any atom is 0.403 e. The predicted octanol–water partition coefficient (Wildman–Crippen LogP) is 5.21. The van der Waals surface area contributed by atoms with Crippen LogP contribution in [-0.2, 0) is 9.53 Å². The highest BCUT2D eigenvalue weighted by atomic mass is 35.5. The molecule has 2 saturated heterocycles. The normalized spacial score (nSPS) is 36.6. The van der Waals surface area contributed by atoms with Crippen molar-refractivity contribution < 1.29 is 31.8 Å². The zero-order chi connectivity index (χ0) is 30.3. The largest absolute Gasteiger partial charge is 0.484 e. The topological polar surface area (TPSA) is 83.7 Å². The van der Waals surface area contributed by atoms with Gasteiger partial charge in [0.1, 0.15) is 17.6 Å². The van der Waals surface area contributed by atoms with E-state index in [9.17, 15) is 22.4 Å². The van der Waals surface area contributed by atoms with Gasteiger partial charge in [-0.1, -0.05) is 43.7 Å². The lowest BCUT2D eigenvalue weighted by molar-refractivity contribution is -0.186. The van der Waals surface area contributed by atoms with Crippen LogP contribution in [0.15, 0.2) is 18.2 Å². The van der Waals surface area contributed by atoms with Gasteiger partial charge in [-0.2, -0.15) is 13.2 Å². The maximum atomic E-state index is 13.6. The highest BCUT2D eigenvalue weighted by molar-refractivity contribution is 6.30. The number of benzene rings is 1. The van der Waals surface area contributed by atoms with Gasteiger partial charge in [0.2, 0.25) is 0 Å². The molecule has 1 amide bonds. The molecule has 240 valence electrons. The highest BCUT2D eigenvalue weighted by Crippen LogP contribution is 2.68. The SMILES string of the molecule is O=C(COc1ccc(Cl)c(F)c1)NC12CC(C3NCC(COC4(C5CCCCCCC5)CCC(C(F)(F)F)NC4)N3)(C1)C2. The van der Waals surface area contributed by atoms with Crippen molar-refractivity contribution in [3.8, 4) is 5.75 Å². The molecular weight excluding hydrogens is 588 g/mol. The Hall–Kier alpha value is -1.66. The van der Waals surface area contributed by atoms with Gasteiger partial charge in [-0.05, 0) is 63.0 Å². The van der Waals surface area contributed by atoms with Crippen LogP contribution in [0.1, 0.15) is 77.0 Å². The van der Waals surface area contributed by atoms with Crippen LogP contribution in [0.3, 0.4) is 0 Å². The Morgan fingerprint density at radius 3 is 2.42 bits per heavy atom. The summed E-state index contributed by atoms with van der Waals surface area (Å²) < 4.78 is 66.1. The van der Waals surface area contributed by atoms with Crippen LogP contribution in [-0.4, -0.2) is 67.8 Å². The lowest BCUT2D eigenvalue weighted by Gasteiger charge is -2.72. The summed E-state index contributed by atoms with van der Waals surface area (Å²) >= 11 is 5.69. The maximum absolute atomic E-state index is 13.6. The number of halogens is 5. The molecule has 2 bridgehead atoms. The molecule has 2 heterocycles. The lowest BCUT2D eigenvalue weighted by Crippen LogP contribution is -2.80. The van der Waals surface area contributed by atoms with E-state index < -0.39 is 23.6 Å². The molecule has 6 fully saturated rings. The predicted molar refractivity (Wildman–Crippen MR) is 154 cm³/mol. The first-order chi connectivity index (χ1) is 20.5. The highest BCUT2D eigenvalue weighted by Gasteiger charge is 2.71. The monoisotopic (exact) mass is 630 g/mol. The van der Waals surface area contributed by atoms with Crippen molar-refractivity contribution in [1.82, 2.24) is 21.3 Å². The number of nitrogens with one attached hydrogen (secondary N) is 4. The van der Waals surface area contributed by atoms with E-state index in [4.69, 9.17) is 21.1 Å². The Morgan fingerprint density at radius 2 is 1.77 bits per heavy atom. The average Bonchev–Trinajstić information content (AvgIpc) is 3.38. The van der Waals surface area contributed by atoms with Crippen LogP contribution < -0.4 is 26.0 Å². The van der Waals surface area contributed by atoms with Crippen molar-refractivity contribution in [2.75, 3.05) is 26.3 Å². The molecule has 2 aliphatic heterocycles. The molecule has 0 aromatic heterocycles. The third-order valence-corrected chi connectivity index (χ3v) is 10.9. The molecule has 4 N–H and O–H groups in total. The minimum Gasteiger partial charge on any atom is -0.484 e. The van der Waals surface area contributed by atoms with Crippen LogP contribution in [0, 0.1) is 17.2 Å². The molecule has 4 aliphatic carbocycles. The van der Waals surface area contributed by atoms with Crippen molar-refractivity contribution in [3.05, 3.63) is 29.0 Å². The van der Waals surface area contributed by atoms with Gasteiger partial charge in [0, 0.05) is 36.2 Å². The van der Waals surface area contributed by atoms with Crippen LogP contribution in [0.2, 0.25) is 5.02 Å². The van der Waals surface area contributed by atoms with E-state index >= 15 is 0 Å². The molecule has 7 rings (SSSR count). The standard InChI is InChI=1S/C31H43ClF4N4O3/c32-23-9-8-22(12-24(23)33)42-15-26(41)40-29-16-28(17-29,18-29)27-37-13-21(39-27)14-43-30(20-6-4-2-1-3-5-7-20)11-10-25(38-19-30)31(34,35)36/h8-9,12,20-21,25,27,37-39H,1-7,10-11,13-19H2,(H,40,41). The Kier molecular flexibility index (Phi) is 8.94. The minimum absolute atomic E-state index is 0.00141. The van der Waals surface area contributed by atoms with Crippen LogP contribution in [0.4, 0.5) is 17.6 Å². The van der Waals surface area contributed by atoms with Gasteiger partial charge >= 0.3 is 6.18 Å². The summed E-state index contributed by atoms with van der Waals surface area (Å²) in [6.45, 7) is 1.24. The van der Waals surface area contributed by atoms with E-state index in [1.54, 1.807) is 0 Å². The first kappa shape index (κ1) is 31.3. The summed E-state index contributed by atoms with van der Waals surface area (Å²) in [5.41, 5.74) is -0.732. The van der Waals surface area contributed by atoms with E-state index in [1.807, 2.05) is 0 Å². The number of hydrogen-bond donors (Lipinski definition) is 4. The number of amides is 1. The number of ether oxygens (including phenoxy) is 2. The van der Waals surface area contributed by atoms with Gasteiger partial charge in [-0.25, -0.2) is 4.39 Å². The molecule has 4 unspecified atom stereocenters. The smallest absolute Gasteiger partial charge is 0.403 e. The molecule has 6 aliphatic rings. The van der Waals surface area contributed by atoms with Crippen LogP contribution >= 0.6 is 11.6 Å². The number of carbonyl (C=O) groups excluding carboxylic acids is 1. The Balaban J connectivity index is 0.977. The fourth-order valence-corrected chi connectivity index (χ4v) is 8.58. The molecule has 4 atom stereocenters. The molecular formula is C31H43ClF4N4O3. The van der Waals surface area contributed by atoms with E-state index in [2.05, 4.69) is 21.3 Å². The van der Waals surface area contributed by atoms with Gasteiger partial charge < -0.3 is 20.1 Å². The molecule has 12 heteroatoms. The Labute approximate surface area is 255 Å². The van der Waals surface area contributed by atoms with E-state index in [-0.39, 0.29) is 65.3 Å². The van der Waals surface area contributed by atoms with E-state index in [0.717, 1.165) is 57.6 Å². The van der Waals surface area contributed by atoms with Crippen LogP contribution in [0.5, 0.6) is 5.75 Å². The quantitative estimate of drug-likeness (QED) is 0.280. The van der Waals surface area contributed by atoms with Crippen molar-refractivity contribution in [2.24, 2.45) is 11.3 Å². The molecule has 1 aromatic rings. The third-order valence-electron chi connectivity index (χ3n) is 10.6. The second kappa shape index (κ2) is 12.3. The molecule has 0 radical (unpaired) electrons. The molecule has 7 nitrogen and oxygen atoms in total. The summed E-state index contributed by atoms with van der Waals surface area (Å²) in [7, 11) is 0. The third kappa shape index (κ3) is 6.66. The van der Waals surface area contributed by atoms with Gasteiger partial charge in [0.05, 0.1) is 23.4 Å². The lowest BCUT2D eigenvalue weighted by atomic mass is 9.38. The fraction of sp³-hybridized carbons (Fsp3) is 0.774. The van der Waals surface area contributed by atoms with Crippen molar-refractivity contribution in [2.45, 2.75) is 113 Å². The van der Waals surface area contributed by atoms with E-state index in [0.29, 0.717) is 13.0 Å². The summed E-state index contributed by atoms with van der Waals surface area (Å²) in [6.07, 6.45) is 6.75. The Bertz CT molecular complexity index is 1130. The molecule has 0 spiro atoms. The van der Waals surface area contributed by atoms with E-state index in [1.165, 1.54) is 31.4 Å². The summed E-state index contributed by atoms with van der Waals surface area (Å²) in [5.74, 6) is -0.319. The first-order valence-electron chi connectivity index (χ1n) is 15.8. The van der Waals surface area contributed by atoms with Crippen LogP contribution in [0.25, 0.3) is 0 Å². The fourth-order valence-electron chi connectivity index (χ4n) is 8.46. The van der Waals surface area contributed by atoms with Gasteiger partial charge in [-0.15, -0.1) is 0 Å². The summed E-state index contributed by atoms with van der Waals surface area (Å²) in [5, 5.41) is 13.2. The number of piperidine rings is 1. The molecule has 4 saturated carbocycles. The zero-order valence-electron chi connectivity index (χ0n) is 24.5. The van der Waals surface area contributed by atoms with Gasteiger partial charge in [0.25, 0.3) is 5.91 Å². The first-order valence-corrected chi connectivity index (χ1v) is 16.2. The van der Waals surface area contributed by atoms with Crippen molar-refractivity contribution >= 4 is 17.5 Å². The minimum atomic E-state index is -4.24. The van der Waals surface area contributed by atoms with Gasteiger partial charge in [0.15, 0.2) is 6.61 Å². The number of carbonyl (C=O) groups is 1. The van der Waals surface area contributed by atoms with Crippen molar-refractivity contribution in [1.29, 1.82) is 0 Å².